The average Bonchev–Trinajstić information content (AvgIpc) is 2.07. The Labute approximate surface area is 82.8 Å². The summed E-state index contributed by atoms with van der Waals surface area (Å²) >= 11 is 2.05. The van der Waals surface area contributed by atoms with E-state index in [9.17, 15) is 0 Å². The summed E-state index contributed by atoms with van der Waals surface area (Å²) in [5.41, 5.74) is 1.44. The minimum atomic E-state index is 1.24. The van der Waals surface area contributed by atoms with Crippen LogP contribution in [0, 0.1) is 0 Å². The fraction of sp³-hybridized carbons (Fsp3) is 0.818. The summed E-state index contributed by atoms with van der Waals surface area (Å²) in [6.45, 7) is 10.5. The van der Waals surface area contributed by atoms with Crippen LogP contribution in [0.15, 0.2) is 11.6 Å². The van der Waals surface area contributed by atoms with Crippen molar-refractivity contribution >= 4 is 11.8 Å². The fourth-order valence-electron chi connectivity index (χ4n) is 0.677. The van der Waals surface area contributed by atoms with E-state index in [-0.39, 0.29) is 0 Å². The molecule has 0 aromatic carbocycles. The van der Waals surface area contributed by atoms with Gasteiger partial charge in [0.15, 0.2) is 0 Å². The Balaban J connectivity index is 0. The van der Waals surface area contributed by atoms with Gasteiger partial charge in [-0.15, -0.1) is 0 Å². The van der Waals surface area contributed by atoms with Gasteiger partial charge in [0.05, 0.1) is 0 Å². The first kappa shape index (κ1) is 14.6. The molecule has 0 aliphatic heterocycles. The third kappa shape index (κ3) is 16.6. The van der Waals surface area contributed by atoms with E-state index < -0.39 is 0 Å². The quantitative estimate of drug-likeness (QED) is 0.452. The van der Waals surface area contributed by atoms with Gasteiger partial charge in [-0.3, -0.25) is 0 Å². The summed E-state index contributed by atoms with van der Waals surface area (Å²) in [6.07, 6.45) is 4.86. The molecule has 0 nitrogen and oxygen atoms in total. The number of thioether (sulfide) groups is 1. The summed E-state index contributed by atoms with van der Waals surface area (Å²) < 4.78 is 0. The predicted molar refractivity (Wildman–Crippen MR) is 63.0 cm³/mol. The van der Waals surface area contributed by atoms with Crippen molar-refractivity contribution < 1.29 is 0 Å². The van der Waals surface area contributed by atoms with Crippen molar-refractivity contribution in [3.05, 3.63) is 11.6 Å². The van der Waals surface area contributed by atoms with Crippen molar-refractivity contribution in [2.45, 2.75) is 47.5 Å². The van der Waals surface area contributed by atoms with E-state index >= 15 is 0 Å². The van der Waals surface area contributed by atoms with E-state index in [2.05, 4.69) is 38.6 Å². The number of hydrogen-bond donors (Lipinski definition) is 0. The van der Waals surface area contributed by atoms with Gasteiger partial charge in [0, 0.05) is 0 Å². The van der Waals surface area contributed by atoms with Gasteiger partial charge in [-0.1, -0.05) is 32.4 Å². The lowest BCUT2D eigenvalue weighted by molar-refractivity contribution is 1.10. The van der Waals surface area contributed by atoms with E-state index in [1.165, 1.54) is 29.9 Å². The second kappa shape index (κ2) is 13.7. The molecule has 0 atom stereocenters. The highest BCUT2D eigenvalue weighted by Gasteiger charge is 1.84. The van der Waals surface area contributed by atoms with Crippen LogP contribution in [-0.4, -0.2) is 11.5 Å². The first-order valence-electron chi connectivity index (χ1n) is 4.98. The molecule has 0 rings (SSSR count). The Kier molecular flexibility index (Phi) is 16.6. The van der Waals surface area contributed by atoms with Crippen LogP contribution in [0.2, 0.25) is 0 Å². The maximum Gasteiger partial charge on any atom is -0.00328 e. The largest absolute Gasteiger partial charge is 0.162 e. The van der Waals surface area contributed by atoms with E-state index in [0.717, 1.165) is 0 Å². The molecule has 0 aromatic heterocycles. The smallest absolute Gasteiger partial charge is 0.00328 e. The Morgan fingerprint density at radius 3 is 2.17 bits per heavy atom. The van der Waals surface area contributed by atoms with E-state index in [0.29, 0.717) is 0 Å². The molecular formula is C11H24S. The van der Waals surface area contributed by atoms with E-state index in [4.69, 9.17) is 0 Å². The highest BCUT2D eigenvalue weighted by Crippen LogP contribution is 2.05. The standard InChI is InChI=1S/C9H18S.C2H6/c1-4-7-10-8-5-6-9(2)3;1-2/h6H,4-5,7-8H2,1-3H3;1-2H3. The van der Waals surface area contributed by atoms with E-state index in [1.807, 2.05) is 13.8 Å². The molecule has 0 aliphatic carbocycles. The van der Waals surface area contributed by atoms with Gasteiger partial charge in [-0.25, -0.2) is 0 Å². The molecule has 0 saturated carbocycles. The van der Waals surface area contributed by atoms with Crippen LogP contribution in [-0.2, 0) is 0 Å². The molecule has 12 heavy (non-hydrogen) atoms. The zero-order valence-electron chi connectivity index (χ0n) is 9.31. The lowest BCUT2D eigenvalue weighted by Gasteiger charge is -1.94. The van der Waals surface area contributed by atoms with Crippen LogP contribution < -0.4 is 0 Å². The van der Waals surface area contributed by atoms with E-state index in [1.54, 1.807) is 0 Å². The minimum Gasteiger partial charge on any atom is -0.162 e. The van der Waals surface area contributed by atoms with Crippen LogP contribution in [0.5, 0.6) is 0 Å². The molecule has 0 aliphatic rings. The minimum absolute atomic E-state index is 1.24. The lowest BCUT2D eigenvalue weighted by Crippen LogP contribution is -1.79. The zero-order valence-corrected chi connectivity index (χ0v) is 10.1. The van der Waals surface area contributed by atoms with Gasteiger partial charge >= 0.3 is 0 Å². The summed E-state index contributed by atoms with van der Waals surface area (Å²) in [5, 5.41) is 0. The number of hydrogen-bond acceptors (Lipinski definition) is 1. The second-order valence-corrected chi connectivity index (χ2v) is 3.91. The summed E-state index contributed by atoms with van der Waals surface area (Å²) in [5.74, 6) is 2.61. The van der Waals surface area contributed by atoms with Crippen molar-refractivity contribution in [2.24, 2.45) is 0 Å². The topological polar surface area (TPSA) is 0 Å². The molecule has 0 N–H and O–H groups in total. The Hall–Kier alpha value is 0.0900. The summed E-state index contributed by atoms with van der Waals surface area (Å²) in [7, 11) is 0. The summed E-state index contributed by atoms with van der Waals surface area (Å²) in [4.78, 5) is 0. The molecule has 0 bridgehead atoms. The molecule has 74 valence electrons. The van der Waals surface area contributed by atoms with Gasteiger partial charge in [0.1, 0.15) is 0 Å². The Morgan fingerprint density at radius 2 is 1.75 bits per heavy atom. The Morgan fingerprint density at radius 1 is 1.17 bits per heavy atom. The third-order valence-electron chi connectivity index (χ3n) is 1.16. The summed E-state index contributed by atoms with van der Waals surface area (Å²) in [6, 6.07) is 0. The third-order valence-corrected chi connectivity index (χ3v) is 2.38. The lowest BCUT2D eigenvalue weighted by atomic mass is 10.3. The van der Waals surface area contributed by atoms with Crippen LogP contribution >= 0.6 is 11.8 Å². The molecule has 0 fully saturated rings. The fourth-order valence-corrected chi connectivity index (χ4v) is 1.45. The van der Waals surface area contributed by atoms with Crippen molar-refractivity contribution in [1.29, 1.82) is 0 Å². The van der Waals surface area contributed by atoms with Crippen molar-refractivity contribution in [3.63, 3.8) is 0 Å². The predicted octanol–water partition coefficient (Wildman–Crippen LogP) is 4.51. The average molecular weight is 188 g/mol. The van der Waals surface area contributed by atoms with Crippen molar-refractivity contribution in [3.8, 4) is 0 Å². The number of rotatable bonds is 5. The molecular weight excluding hydrogens is 164 g/mol. The van der Waals surface area contributed by atoms with Crippen molar-refractivity contribution in [2.75, 3.05) is 11.5 Å². The molecule has 0 unspecified atom stereocenters. The van der Waals surface area contributed by atoms with Gasteiger partial charge in [-0.2, -0.15) is 11.8 Å². The normalized spacial score (nSPS) is 8.42. The monoisotopic (exact) mass is 188 g/mol. The highest BCUT2D eigenvalue weighted by molar-refractivity contribution is 7.99. The van der Waals surface area contributed by atoms with Gasteiger partial charge in [0.2, 0.25) is 0 Å². The molecule has 0 aromatic rings. The SMILES string of the molecule is CC.CCCSCCC=C(C)C. The van der Waals surface area contributed by atoms with Gasteiger partial charge < -0.3 is 0 Å². The molecule has 0 amide bonds. The maximum atomic E-state index is 2.31. The van der Waals surface area contributed by atoms with Crippen LogP contribution in [0.1, 0.15) is 47.5 Å². The first-order chi connectivity index (χ1) is 5.77. The van der Waals surface area contributed by atoms with Crippen LogP contribution in [0.3, 0.4) is 0 Å². The maximum absolute atomic E-state index is 2.31. The Bertz CT molecular complexity index is 91.2. The number of allylic oxidation sites excluding steroid dienone is 2. The van der Waals surface area contributed by atoms with Gasteiger partial charge in [-0.05, 0) is 38.2 Å². The van der Waals surface area contributed by atoms with Crippen LogP contribution in [0.25, 0.3) is 0 Å². The molecule has 0 saturated heterocycles. The molecule has 0 heterocycles. The zero-order chi connectivity index (χ0) is 9.82. The van der Waals surface area contributed by atoms with Gasteiger partial charge in [0.25, 0.3) is 0 Å². The first-order valence-corrected chi connectivity index (χ1v) is 6.14. The molecule has 0 spiro atoms. The van der Waals surface area contributed by atoms with Crippen molar-refractivity contribution in [1.82, 2.24) is 0 Å². The molecule has 0 radical (unpaired) electrons. The molecule has 1 heteroatoms. The second-order valence-electron chi connectivity index (χ2n) is 2.68. The highest BCUT2D eigenvalue weighted by atomic mass is 32.2. The van der Waals surface area contributed by atoms with Crippen LogP contribution in [0.4, 0.5) is 0 Å².